The molecule has 0 aliphatic carbocycles. The number of likely N-dealkylation sites (tertiary alicyclic amines) is 1. The molecule has 1 heterocycles. The Morgan fingerprint density at radius 3 is 2.82 bits per heavy atom. The molecule has 1 aliphatic rings. The Labute approximate surface area is 129 Å². The molecule has 1 fully saturated rings. The summed E-state index contributed by atoms with van der Waals surface area (Å²) in [6.07, 6.45) is -0.147. The minimum Gasteiger partial charge on any atom is -0.445 e. The maximum Gasteiger partial charge on any atom is 0.410 e. The van der Waals surface area contributed by atoms with E-state index >= 15 is 0 Å². The standard InChI is InChI=1S/C15H21N3O4/c1-2-21-12-8-13(14(16)17-20)18(9-12)15(19)22-10-11-6-4-3-5-7-11/h3-7,12-13,20H,2,8-10H2,1H3,(H2,16,17)/t12-,13+/m1/s1. The maximum atomic E-state index is 12.3. The lowest BCUT2D eigenvalue weighted by molar-refractivity contribution is 0.0615. The van der Waals surface area contributed by atoms with Crippen molar-refractivity contribution in [3.8, 4) is 0 Å². The second kappa shape index (κ2) is 7.65. The van der Waals surface area contributed by atoms with E-state index in [4.69, 9.17) is 20.4 Å². The van der Waals surface area contributed by atoms with E-state index in [1.807, 2.05) is 37.3 Å². The van der Waals surface area contributed by atoms with Crippen molar-refractivity contribution in [2.75, 3.05) is 13.2 Å². The third-order valence-electron chi connectivity index (χ3n) is 3.56. The zero-order valence-electron chi connectivity index (χ0n) is 12.5. The van der Waals surface area contributed by atoms with Crippen molar-refractivity contribution in [2.45, 2.75) is 32.1 Å². The fourth-order valence-electron chi connectivity index (χ4n) is 2.50. The lowest BCUT2D eigenvalue weighted by atomic mass is 10.2. The van der Waals surface area contributed by atoms with E-state index in [1.165, 1.54) is 4.90 Å². The molecule has 0 radical (unpaired) electrons. The van der Waals surface area contributed by atoms with Crippen LogP contribution in [0.4, 0.5) is 4.79 Å². The number of carbonyl (C=O) groups is 1. The van der Waals surface area contributed by atoms with Gasteiger partial charge in [-0.25, -0.2) is 4.79 Å². The zero-order chi connectivity index (χ0) is 15.9. The van der Waals surface area contributed by atoms with Gasteiger partial charge in [-0.05, 0) is 12.5 Å². The van der Waals surface area contributed by atoms with E-state index in [0.29, 0.717) is 19.6 Å². The molecule has 22 heavy (non-hydrogen) atoms. The Morgan fingerprint density at radius 1 is 1.45 bits per heavy atom. The van der Waals surface area contributed by atoms with E-state index in [0.717, 1.165) is 5.56 Å². The predicted molar refractivity (Wildman–Crippen MR) is 80.6 cm³/mol. The lowest BCUT2D eigenvalue weighted by Gasteiger charge is -2.22. The fraction of sp³-hybridized carbons (Fsp3) is 0.467. The highest BCUT2D eigenvalue weighted by molar-refractivity contribution is 5.89. The van der Waals surface area contributed by atoms with Gasteiger partial charge < -0.3 is 20.4 Å². The molecule has 1 aromatic rings. The van der Waals surface area contributed by atoms with Gasteiger partial charge in [0, 0.05) is 13.0 Å². The van der Waals surface area contributed by atoms with Gasteiger partial charge in [-0.3, -0.25) is 4.90 Å². The molecular formula is C15H21N3O4. The fourth-order valence-corrected chi connectivity index (χ4v) is 2.50. The van der Waals surface area contributed by atoms with E-state index < -0.39 is 12.1 Å². The Morgan fingerprint density at radius 2 is 2.18 bits per heavy atom. The molecule has 0 bridgehead atoms. The number of amides is 1. The van der Waals surface area contributed by atoms with E-state index in [9.17, 15) is 4.79 Å². The average Bonchev–Trinajstić information content (AvgIpc) is 2.97. The molecule has 120 valence electrons. The van der Waals surface area contributed by atoms with E-state index in [1.54, 1.807) is 0 Å². The van der Waals surface area contributed by atoms with Crippen LogP contribution in [0, 0.1) is 0 Å². The van der Waals surface area contributed by atoms with Crippen molar-refractivity contribution < 1.29 is 19.5 Å². The highest BCUT2D eigenvalue weighted by Crippen LogP contribution is 2.22. The van der Waals surface area contributed by atoms with Crippen molar-refractivity contribution in [1.82, 2.24) is 4.90 Å². The summed E-state index contributed by atoms with van der Waals surface area (Å²) in [5.74, 6) is -0.0149. The lowest BCUT2D eigenvalue weighted by Crippen LogP contribution is -2.44. The first-order chi connectivity index (χ1) is 10.7. The van der Waals surface area contributed by atoms with Crippen molar-refractivity contribution in [3.05, 3.63) is 35.9 Å². The van der Waals surface area contributed by atoms with Crippen LogP contribution in [0.5, 0.6) is 0 Å². The van der Waals surface area contributed by atoms with Gasteiger partial charge in [-0.15, -0.1) is 0 Å². The van der Waals surface area contributed by atoms with Crippen molar-refractivity contribution in [3.63, 3.8) is 0 Å². The molecule has 1 amide bonds. The molecule has 0 unspecified atom stereocenters. The molecule has 7 nitrogen and oxygen atoms in total. The highest BCUT2D eigenvalue weighted by atomic mass is 16.6. The van der Waals surface area contributed by atoms with Crippen LogP contribution < -0.4 is 5.73 Å². The number of nitrogens with two attached hydrogens (primary N) is 1. The monoisotopic (exact) mass is 307 g/mol. The quantitative estimate of drug-likeness (QED) is 0.372. The number of hydrogen-bond acceptors (Lipinski definition) is 5. The second-order valence-electron chi connectivity index (χ2n) is 5.05. The summed E-state index contributed by atoms with van der Waals surface area (Å²) in [5.41, 5.74) is 6.57. The average molecular weight is 307 g/mol. The molecule has 0 aromatic heterocycles. The topological polar surface area (TPSA) is 97.4 Å². The normalized spacial score (nSPS) is 21.9. The van der Waals surface area contributed by atoms with Gasteiger partial charge in [0.25, 0.3) is 0 Å². The van der Waals surface area contributed by atoms with Gasteiger partial charge in [-0.2, -0.15) is 0 Å². The molecule has 2 atom stereocenters. The largest absolute Gasteiger partial charge is 0.445 e. The minimum atomic E-state index is -0.509. The maximum absolute atomic E-state index is 12.3. The van der Waals surface area contributed by atoms with Crippen LogP contribution in [-0.4, -0.2) is 47.3 Å². The number of ether oxygens (including phenoxy) is 2. The third kappa shape index (κ3) is 3.88. The van der Waals surface area contributed by atoms with Crippen LogP contribution in [0.1, 0.15) is 18.9 Å². The summed E-state index contributed by atoms with van der Waals surface area (Å²) in [6, 6.07) is 8.90. The number of benzene rings is 1. The number of oxime groups is 1. The van der Waals surface area contributed by atoms with Crippen LogP contribution in [0.2, 0.25) is 0 Å². The summed E-state index contributed by atoms with van der Waals surface area (Å²) in [4.78, 5) is 13.7. The summed E-state index contributed by atoms with van der Waals surface area (Å²) in [5, 5.41) is 11.9. The number of amidine groups is 1. The van der Waals surface area contributed by atoms with Gasteiger partial charge in [0.1, 0.15) is 6.61 Å². The van der Waals surface area contributed by atoms with Crippen LogP contribution >= 0.6 is 0 Å². The predicted octanol–water partition coefficient (Wildman–Crippen LogP) is 1.55. The number of rotatable bonds is 5. The number of hydrogen-bond donors (Lipinski definition) is 2. The van der Waals surface area contributed by atoms with Crippen molar-refractivity contribution in [2.24, 2.45) is 10.9 Å². The van der Waals surface area contributed by atoms with Crippen LogP contribution in [0.15, 0.2) is 35.5 Å². The summed E-state index contributed by atoms with van der Waals surface area (Å²) in [7, 11) is 0. The Hall–Kier alpha value is -2.28. The van der Waals surface area contributed by atoms with Crippen molar-refractivity contribution >= 4 is 11.9 Å². The highest BCUT2D eigenvalue weighted by Gasteiger charge is 2.39. The van der Waals surface area contributed by atoms with Gasteiger partial charge in [0.15, 0.2) is 5.84 Å². The Bertz CT molecular complexity index is 521. The van der Waals surface area contributed by atoms with Crippen LogP contribution in [-0.2, 0) is 16.1 Å². The summed E-state index contributed by atoms with van der Waals surface area (Å²) >= 11 is 0. The second-order valence-corrected chi connectivity index (χ2v) is 5.05. The number of nitrogens with zero attached hydrogens (tertiary/aromatic N) is 2. The third-order valence-corrected chi connectivity index (χ3v) is 3.56. The first-order valence-corrected chi connectivity index (χ1v) is 7.22. The summed E-state index contributed by atoms with van der Waals surface area (Å²) < 4.78 is 10.8. The zero-order valence-corrected chi connectivity index (χ0v) is 12.5. The van der Waals surface area contributed by atoms with E-state index in [2.05, 4.69) is 5.16 Å². The van der Waals surface area contributed by atoms with Crippen LogP contribution in [0.3, 0.4) is 0 Å². The molecule has 2 rings (SSSR count). The molecular weight excluding hydrogens is 286 g/mol. The molecule has 1 aliphatic heterocycles. The molecule has 1 saturated heterocycles. The SMILES string of the molecule is CCO[C@@H]1C[C@@H](/C(N)=N/O)N(C(=O)OCc2ccccc2)C1. The van der Waals surface area contributed by atoms with Gasteiger partial charge in [0.05, 0.1) is 18.7 Å². The first kappa shape index (κ1) is 16.1. The Balaban J connectivity index is 1.99. The molecule has 1 aromatic carbocycles. The van der Waals surface area contributed by atoms with Crippen molar-refractivity contribution in [1.29, 1.82) is 0 Å². The Kier molecular flexibility index (Phi) is 5.60. The van der Waals surface area contributed by atoms with Gasteiger partial charge in [-0.1, -0.05) is 35.5 Å². The molecule has 7 heteroatoms. The van der Waals surface area contributed by atoms with E-state index in [-0.39, 0.29) is 18.5 Å². The van der Waals surface area contributed by atoms with Gasteiger partial charge >= 0.3 is 6.09 Å². The molecule has 0 spiro atoms. The first-order valence-electron chi connectivity index (χ1n) is 7.22. The molecule has 3 N–H and O–H groups in total. The molecule has 0 saturated carbocycles. The summed E-state index contributed by atoms with van der Waals surface area (Å²) in [6.45, 7) is 2.97. The van der Waals surface area contributed by atoms with Crippen LogP contribution in [0.25, 0.3) is 0 Å². The smallest absolute Gasteiger partial charge is 0.410 e. The minimum absolute atomic E-state index is 0.0149. The number of carbonyl (C=O) groups excluding carboxylic acids is 1. The van der Waals surface area contributed by atoms with Gasteiger partial charge in [0.2, 0.25) is 0 Å².